The van der Waals surface area contributed by atoms with Crippen molar-refractivity contribution in [3.63, 3.8) is 0 Å². The Morgan fingerprint density at radius 2 is 1.67 bits per heavy atom. The van der Waals surface area contributed by atoms with Crippen molar-refractivity contribution in [1.82, 2.24) is 0 Å². The van der Waals surface area contributed by atoms with Crippen LogP contribution in [-0.2, 0) is 9.84 Å². The molecule has 0 aromatic carbocycles. The standard InChI is InChI=1S/C5H12O3S/c1-5(2,3)9(7,8)4-6/h6H,4H2,1-3H3. The second-order valence-corrected chi connectivity index (χ2v) is 5.57. The van der Waals surface area contributed by atoms with Gasteiger partial charge < -0.3 is 5.11 Å². The first kappa shape index (κ1) is 8.91. The molecule has 0 aromatic heterocycles. The molecule has 4 heteroatoms. The Bertz CT molecular complexity index is 173. The molecule has 0 amide bonds. The van der Waals surface area contributed by atoms with Gasteiger partial charge in [-0.15, -0.1) is 0 Å². The molecule has 0 saturated carbocycles. The molecular weight excluding hydrogens is 140 g/mol. The first-order valence-electron chi connectivity index (χ1n) is 2.64. The maximum atomic E-state index is 10.8. The number of sulfone groups is 1. The fraction of sp³-hybridized carbons (Fsp3) is 1.00. The SMILES string of the molecule is CC(C)(C)S(=O)(=O)CO. The molecule has 0 unspecified atom stereocenters. The third-order valence-corrected chi connectivity index (χ3v) is 3.31. The summed E-state index contributed by atoms with van der Waals surface area (Å²) in [6, 6.07) is 0. The summed E-state index contributed by atoms with van der Waals surface area (Å²) in [5.41, 5.74) is 0. The van der Waals surface area contributed by atoms with Crippen LogP contribution in [0, 0.1) is 0 Å². The molecule has 0 aliphatic heterocycles. The van der Waals surface area contributed by atoms with E-state index in [2.05, 4.69) is 0 Å². The largest absolute Gasteiger partial charge is 0.380 e. The van der Waals surface area contributed by atoms with Crippen LogP contribution in [0.25, 0.3) is 0 Å². The van der Waals surface area contributed by atoms with E-state index >= 15 is 0 Å². The Morgan fingerprint density at radius 3 is 1.67 bits per heavy atom. The lowest BCUT2D eigenvalue weighted by molar-refractivity contribution is 0.353. The highest BCUT2D eigenvalue weighted by molar-refractivity contribution is 7.92. The normalized spacial score (nSPS) is 13.8. The van der Waals surface area contributed by atoms with Crippen LogP contribution in [0.5, 0.6) is 0 Å². The third kappa shape index (κ3) is 1.95. The van der Waals surface area contributed by atoms with Gasteiger partial charge in [0.1, 0.15) is 5.94 Å². The minimum atomic E-state index is -3.28. The predicted molar refractivity (Wildman–Crippen MR) is 35.8 cm³/mol. The van der Waals surface area contributed by atoms with E-state index in [4.69, 9.17) is 5.11 Å². The van der Waals surface area contributed by atoms with Crippen LogP contribution in [-0.4, -0.2) is 24.2 Å². The van der Waals surface area contributed by atoms with E-state index < -0.39 is 20.5 Å². The van der Waals surface area contributed by atoms with Gasteiger partial charge in [-0.05, 0) is 20.8 Å². The van der Waals surface area contributed by atoms with E-state index in [1.807, 2.05) is 0 Å². The van der Waals surface area contributed by atoms with Crippen molar-refractivity contribution < 1.29 is 13.5 Å². The van der Waals surface area contributed by atoms with E-state index in [1.54, 1.807) is 20.8 Å². The average molecular weight is 152 g/mol. The first-order chi connectivity index (χ1) is 3.81. The Morgan fingerprint density at radius 1 is 1.33 bits per heavy atom. The van der Waals surface area contributed by atoms with Crippen molar-refractivity contribution >= 4 is 9.84 Å². The molecule has 0 radical (unpaired) electrons. The lowest BCUT2D eigenvalue weighted by atomic mass is 10.3. The van der Waals surface area contributed by atoms with E-state index in [1.165, 1.54) is 0 Å². The van der Waals surface area contributed by atoms with Gasteiger partial charge in [0.05, 0.1) is 4.75 Å². The summed E-state index contributed by atoms with van der Waals surface area (Å²) >= 11 is 0. The van der Waals surface area contributed by atoms with Crippen molar-refractivity contribution in [3.05, 3.63) is 0 Å². The monoisotopic (exact) mass is 152 g/mol. The van der Waals surface area contributed by atoms with Crippen molar-refractivity contribution in [2.45, 2.75) is 25.5 Å². The van der Waals surface area contributed by atoms with Crippen molar-refractivity contribution in [2.75, 3.05) is 5.94 Å². The molecule has 0 aromatic rings. The molecule has 0 aliphatic rings. The number of hydrogen-bond donors (Lipinski definition) is 1. The van der Waals surface area contributed by atoms with Gasteiger partial charge in [-0.25, -0.2) is 8.42 Å². The van der Waals surface area contributed by atoms with Gasteiger partial charge in [-0.1, -0.05) is 0 Å². The lowest BCUT2D eigenvalue weighted by Gasteiger charge is -2.16. The van der Waals surface area contributed by atoms with Crippen molar-refractivity contribution in [2.24, 2.45) is 0 Å². The summed E-state index contributed by atoms with van der Waals surface area (Å²) < 4.78 is 20.7. The summed E-state index contributed by atoms with van der Waals surface area (Å²) in [5.74, 6) is -0.767. The van der Waals surface area contributed by atoms with Crippen LogP contribution in [0.4, 0.5) is 0 Å². The van der Waals surface area contributed by atoms with E-state index in [-0.39, 0.29) is 0 Å². The molecule has 1 N–H and O–H groups in total. The van der Waals surface area contributed by atoms with E-state index in [9.17, 15) is 8.42 Å². The van der Waals surface area contributed by atoms with Gasteiger partial charge in [0, 0.05) is 0 Å². The van der Waals surface area contributed by atoms with Gasteiger partial charge in [0.2, 0.25) is 0 Å². The van der Waals surface area contributed by atoms with Crippen LogP contribution in [0.3, 0.4) is 0 Å². The highest BCUT2D eigenvalue weighted by Crippen LogP contribution is 2.14. The molecule has 0 spiro atoms. The molecule has 0 rings (SSSR count). The van der Waals surface area contributed by atoms with Gasteiger partial charge in [-0.2, -0.15) is 0 Å². The minimum absolute atomic E-state index is 0.767. The van der Waals surface area contributed by atoms with Crippen LogP contribution in [0.1, 0.15) is 20.8 Å². The number of aliphatic hydroxyl groups is 1. The topological polar surface area (TPSA) is 54.4 Å². The summed E-state index contributed by atoms with van der Waals surface area (Å²) in [6.07, 6.45) is 0. The molecule has 0 heterocycles. The fourth-order valence-electron chi connectivity index (χ4n) is 0.194. The van der Waals surface area contributed by atoms with Crippen LogP contribution < -0.4 is 0 Å². The number of aliphatic hydroxyl groups excluding tert-OH is 1. The fourth-order valence-corrected chi connectivity index (χ4v) is 0.581. The highest BCUT2D eigenvalue weighted by Gasteiger charge is 2.27. The van der Waals surface area contributed by atoms with E-state index in [0.29, 0.717) is 0 Å². The summed E-state index contributed by atoms with van der Waals surface area (Å²) in [4.78, 5) is 0. The van der Waals surface area contributed by atoms with Crippen molar-refractivity contribution in [1.29, 1.82) is 0 Å². The van der Waals surface area contributed by atoms with Crippen LogP contribution in [0.15, 0.2) is 0 Å². The van der Waals surface area contributed by atoms with Gasteiger partial charge >= 0.3 is 0 Å². The Kier molecular flexibility index (Phi) is 2.24. The quantitative estimate of drug-likeness (QED) is 0.582. The zero-order chi connectivity index (χ0) is 7.71. The van der Waals surface area contributed by atoms with Gasteiger partial charge in [0.25, 0.3) is 0 Å². The van der Waals surface area contributed by atoms with Gasteiger partial charge in [0.15, 0.2) is 9.84 Å². The smallest absolute Gasteiger partial charge is 0.178 e. The molecule has 3 nitrogen and oxygen atoms in total. The summed E-state index contributed by atoms with van der Waals surface area (Å²) in [6.45, 7) is 4.66. The zero-order valence-corrected chi connectivity index (χ0v) is 6.70. The van der Waals surface area contributed by atoms with Crippen LogP contribution in [0.2, 0.25) is 0 Å². The summed E-state index contributed by atoms with van der Waals surface area (Å²) in [7, 11) is -3.28. The Hall–Kier alpha value is -0.0900. The van der Waals surface area contributed by atoms with Crippen molar-refractivity contribution in [3.8, 4) is 0 Å². The summed E-state index contributed by atoms with van der Waals surface area (Å²) in [5, 5.41) is 8.34. The number of rotatable bonds is 1. The first-order valence-corrected chi connectivity index (χ1v) is 4.29. The highest BCUT2D eigenvalue weighted by atomic mass is 32.2. The maximum absolute atomic E-state index is 10.8. The lowest BCUT2D eigenvalue weighted by Crippen LogP contribution is -2.30. The molecule has 0 bridgehead atoms. The molecule has 56 valence electrons. The number of hydrogen-bond acceptors (Lipinski definition) is 3. The average Bonchev–Trinajstić information content (AvgIpc) is 1.64. The molecule has 9 heavy (non-hydrogen) atoms. The predicted octanol–water partition coefficient (Wildman–Crippen LogP) is 0.150. The maximum Gasteiger partial charge on any atom is 0.178 e. The Balaban J connectivity index is 4.57. The molecule has 0 fully saturated rings. The second kappa shape index (κ2) is 2.27. The second-order valence-electron chi connectivity index (χ2n) is 2.86. The molecule has 0 saturated heterocycles. The Labute approximate surface area is 55.6 Å². The van der Waals surface area contributed by atoms with Crippen LogP contribution >= 0.6 is 0 Å². The zero-order valence-electron chi connectivity index (χ0n) is 5.88. The minimum Gasteiger partial charge on any atom is -0.380 e. The third-order valence-electron chi connectivity index (χ3n) is 1.10. The molecule has 0 atom stereocenters. The molecular formula is C5H12O3S. The van der Waals surface area contributed by atoms with Gasteiger partial charge in [-0.3, -0.25) is 0 Å². The van der Waals surface area contributed by atoms with E-state index in [0.717, 1.165) is 0 Å². The molecule has 0 aliphatic carbocycles.